The lowest BCUT2D eigenvalue weighted by Crippen LogP contribution is -2.38. The number of hydrogen-bond donors (Lipinski definition) is 2. The Morgan fingerprint density at radius 3 is 2.59 bits per heavy atom. The Morgan fingerprint density at radius 1 is 1.23 bits per heavy atom. The molecule has 0 aliphatic rings. The number of hydrogen-bond acceptors (Lipinski definition) is 3. The number of guanidine groups is 1. The normalized spacial score (nSPS) is 11.4. The Morgan fingerprint density at radius 2 is 2.00 bits per heavy atom. The summed E-state index contributed by atoms with van der Waals surface area (Å²) < 4.78 is 5.32. The van der Waals surface area contributed by atoms with Crippen LogP contribution >= 0.6 is 24.0 Å². The number of aliphatic imine (C=N–C) groups is 1. The second-order valence-corrected chi connectivity index (χ2v) is 4.90. The van der Waals surface area contributed by atoms with Crippen molar-refractivity contribution in [2.24, 2.45) is 4.99 Å². The zero-order valence-electron chi connectivity index (χ0n) is 14.1. The van der Waals surface area contributed by atoms with Gasteiger partial charge < -0.3 is 20.0 Å². The molecule has 5 nitrogen and oxygen atoms in total. The van der Waals surface area contributed by atoms with Gasteiger partial charge in [0.15, 0.2) is 5.96 Å². The van der Waals surface area contributed by atoms with Crippen LogP contribution in [-0.4, -0.2) is 50.1 Å². The first-order valence-corrected chi connectivity index (χ1v) is 8.07. The monoisotopic (exact) mass is 422 g/mol. The maximum absolute atomic E-state index is 5.32. The molecule has 1 rings (SSSR count). The molecule has 22 heavy (non-hydrogen) atoms. The molecule has 1 heterocycles. The minimum atomic E-state index is 0. The van der Waals surface area contributed by atoms with Gasteiger partial charge in [-0.3, -0.25) is 4.99 Å². The Labute approximate surface area is 152 Å². The van der Waals surface area contributed by atoms with Gasteiger partial charge in [0.1, 0.15) is 5.76 Å². The highest BCUT2D eigenvalue weighted by molar-refractivity contribution is 14.0. The van der Waals surface area contributed by atoms with Gasteiger partial charge >= 0.3 is 0 Å². The summed E-state index contributed by atoms with van der Waals surface area (Å²) in [7, 11) is 0. The Balaban J connectivity index is 0.00000441. The summed E-state index contributed by atoms with van der Waals surface area (Å²) in [4.78, 5) is 7.03. The van der Waals surface area contributed by atoms with E-state index in [1.165, 1.54) is 0 Å². The van der Waals surface area contributed by atoms with Crippen LogP contribution in [0.15, 0.2) is 27.8 Å². The van der Waals surface area contributed by atoms with Crippen molar-refractivity contribution in [2.45, 2.75) is 33.6 Å². The van der Waals surface area contributed by atoms with Crippen molar-refractivity contribution < 1.29 is 4.42 Å². The second-order valence-electron chi connectivity index (χ2n) is 4.90. The Kier molecular flexibility index (Phi) is 13.4. The van der Waals surface area contributed by atoms with Crippen LogP contribution in [0.2, 0.25) is 0 Å². The molecule has 0 aliphatic heterocycles. The second kappa shape index (κ2) is 13.9. The van der Waals surface area contributed by atoms with Crippen molar-refractivity contribution in [3.63, 3.8) is 0 Å². The summed E-state index contributed by atoms with van der Waals surface area (Å²) in [6, 6.07) is 3.91. The molecule has 6 heteroatoms. The van der Waals surface area contributed by atoms with E-state index >= 15 is 0 Å². The van der Waals surface area contributed by atoms with Crippen LogP contribution in [0.4, 0.5) is 0 Å². The lowest BCUT2D eigenvalue weighted by molar-refractivity contribution is 0.302. The highest BCUT2D eigenvalue weighted by atomic mass is 127. The molecule has 1 aromatic heterocycles. The van der Waals surface area contributed by atoms with E-state index in [4.69, 9.17) is 4.42 Å². The van der Waals surface area contributed by atoms with E-state index in [2.05, 4.69) is 41.3 Å². The van der Waals surface area contributed by atoms with Gasteiger partial charge in [-0.25, -0.2) is 0 Å². The van der Waals surface area contributed by atoms with Crippen LogP contribution in [0.3, 0.4) is 0 Å². The number of rotatable bonds is 10. The maximum atomic E-state index is 5.32. The van der Waals surface area contributed by atoms with E-state index < -0.39 is 0 Å². The van der Waals surface area contributed by atoms with Crippen molar-refractivity contribution >= 4 is 29.9 Å². The fourth-order valence-electron chi connectivity index (χ4n) is 2.13. The number of nitrogens with one attached hydrogen (secondary N) is 2. The first-order chi connectivity index (χ1) is 10.3. The van der Waals surface area contributed by atoms with Crippen molar-refractivity contribution in [3.05, 3.63) is 24.2 Å². The van der Waals surface area contributed by atoms with Crippen LogP contribution < -0.4 is 10.6 Å². The van der Waals surface area contributed by atoms with Gasteiger partial charge in [0.2, 0.25) is 0 Å². The number of halogens is 1. The molecule has 128 valence electrons. The van der Waals surface area contributed by atoms with Gasteiger partial charge in [0.05, 0.1) is 6.26 Å². The third-order valence-electron chi connectivity index (χ3n) is 3.38. The summed E-state index contributed by atoms with van der Waals surface area (Å²) in [6.45, 7) is 12.4. The third-order valence-corrected chi connectivity index (χ3v) is 3.38. The molecule has 1 aromatic rings. The molecule has 0 aromatic carbocycles. The molecule has 0 aliphatic carbocycles. The zero-order valence-corrected chi connectivity index (χ0v) is 16.4. The minimum absolute atomic E-state index is 0. The lowest BCUT2D eigenvalue weighted by Gasteiger charge is -2.17. The third kappa shape index (κ3) is 9.30. The zero-order chi connectivity index (χ0) is 15.3. The molecule has 0 spiro atoms. The molecule has 0 amide bonds. The van der Waals surface area contributed by atoms with Gasteiger partial charge in [0.25, 0.3) is 0 Å². The molecule has 0 radical (unpaired) electrons. The van der Waals surface area contributed by atoms with Crippen LogP contribution in [0.1, 0.15) is 33.0 Å². The molecule has 0 bridgehead atoms. The van der Waals surface area contributed by atoms with Gasteiger partial charge in [-0.2, -0.15) is 0 Å². The van der Waals surface area contributed by atoms with E-state index in [1.807, 2.05) is 12.1 Å². The molecule has 0 saturated heterocycles. The molecule has 2 N–H and O–H groups in total. The van der Waals surface area contributed by atoms with Crippen molar-refractivity contribution in [1.82, 2.24) is 15.5 Å². The van der Waals surface area contributed by atoms with E-state index in [0.29, 0.717) is 0 Å². The van der Waals surface area contributed by atoms with Crippen molar-refractivity contribution in [2.75, 3.05) is 39.3 Å². The van der Waals surface area contributed by atoms with Crippen molar-refractivity contribution in [3.8, 4) is 0 Å². The van der Waals surface area contributed by atoms with E-state index in [1.54, 1.807) is 6.26 Å². The summed E-state index contributed by atoms with van der Waals surface area (Å²) in [5.41, 5.74) is 0. The standard InChI is InChI=1S/C16H30N4O.HI/c1-4-17-16(18-11-8-13-20(5-2)6-3)19-12-10-15-9-7-14-21-15;/h7,9,14H,4-6,8,10-13H2,1-3H3,(H2,17,18,19);1H. The van der Waals surface area contributed by atoms with Crippen LogP contribution in [0, 0.1) is 0 Å². The fourth-order valence-corrected chi connectivity index (χ4v) is 2.13. The Bertz CT molecular complexity index is 378. The lowest BCUT2D eigenvalue weighted by atomic mass is 10.3. The number of nitrogens with zero attached hydrogens (tertiary/aromatic N) is 2. The molecular weight excluding hydrogens is 391 g/mol. The molecule has 0 unspecified atom stereocenters. The minimum Gasteiger partial charge on any atom is -0.469 e. The SMILES string of the molecule is CCNC(=NCCCN(CC)CC)NCCc1ccco1.I. The van der Waals surface area contributed by atoms with Gasteiger partial charge in [0, 0.05) is 26.1 Å². The van der Waals surface area contributed by atoms with Crippen molar-refractivity contribution in [1.29, 1.82) is 0 Å². The van der Waals surface area contributed by atoms with E-state index in [9.17, 15) is 0 Å². The average Bonchev–Trinajstić information content (AvgIpc) is 3.00. The molecular formula is C16H31IN4O. The smallest absolute Gasteiger partial charge is 0.191 e. The van der Waals surface area contributed by atoms with Crippen LogP contribution in [-0.2, 0) is 6.42 Å². The van der Waals surface area contributed by atoms with E-state index in [-0.39, 0.29) is 24.0 Å². The summed E-state index contributed by atoms with van der Waals surface area (Å²) >= 11 is 0. The fraction of sp³-hybridized carbons (Fsp3) is 0.688. The molecule has 0 atom stereocenters. The molecule has 0 saturated carbocycles. The van der Waals surface area contributed by atoms with Crippen LogP contribution in [0.25, 0.3) is 0 Å². The Hall–Kier alpha value is -0.760. The van der Waals surface area contributed by atoms with Gasteiger partial charge in [-0.1, -0.05) is 13.8 Å². The van der Waals surface area contributed by atoms with Gasteiger partial charge in [-0.05, 0) is 45.1 Å². The summed E-state index contributed by atoms with van der Waals surface area (Å²) in [5.74, 6) is 1.89. The molecule has 0 fully saturated rings. The van der Waals surface area contributed by atoms with Crippen LogP contribution in [0.5, 0.6) is 0 Å². The predicted octanol–water partition coefficient (Wildman–Crippen LogP) is 2.73. The highest BCUT2D eigenvalue weighted by Gasteiger charge is 2.00. The maximum Gasteiger partial charge on any atom is 0.191 e. The van der Waals surface area contributed by atoms with Gasteiger partial charge in [-0.15, -0.1) is 24.0 Å². The first kappa shape index (κ1) is 21.2. The van der Waals surface area contributed by atoms with E-state index in [0.717, 1.165) is 63.8 Å². The highest BCUT2D eigenvalue weighted by Crippen LogP contribution is 1.99. The number of furan rings is 1. The quantitative estimate of drug-likeness (QED) is 0.264. The largest absolute Gasteiger partial charge is 0.469 e. The average molecular weight is 422 g/mol. The first-order valence-electron chi connectivity index (χ1n) is 8.07. The predicted molar refractivity (Wildman–Crippen MR) is 104 cm³/mol. The summed E-state index contributed by atoms with van der Waals surface area (Å²) in [5, 5.41) is 6.61. The topological polar surface area (TPSA) is 52.8 Å². The summed E-state index contributed by atoms with van der Waals surface area (Å²) in [6.07, 6.45) is 3.68.